The lowest BCUT2D eigenvalue weighted by Crippen LogP contribution is -2.36. The van der Waals surface area contributed by atoms with Crippen molar-refractivity contribution >= 4 is 5.69 Å². The molecule has 1 fully saturated rings. The summed E-state index contributed by atoms with van der Waals surface area (Å²) in [4.78, 5) is 11.0. The Balaban J connectivity index is 1.65. The summed E-state index contributed by atoms with van der Waals surface area (Å²) in [6.07, 6.45) is 9.29. The first-order chi connectivity index (χ1) is 9.42. The fourth-order valence-electron chi connectivity index (χ4n) is 2.84. The van der Waals surface area contributed by atoms with E-state index < -0.39 is 0 Å². The third-order valence-corrected chi connectivity index (χ3v) is 3.77. The summed E-state index contributed by atoms with van der Waals surface area (Å²) in [5.41, 5.74) is 2.50. The normalized spacial score (nSPS) is 19.4. The molecule has 1 aliphatic rings. The van der Waals surface area contributed by atoms with Gasteiger partial charge in [0.05, 0.1) is 0 Å². The zero-order valence-corrected chi connectivity index (χ0v) is 11.1. The number of piperidine rings is 1. The van der Waals surface area contributed by atoms with Crippen LogP contribution >= 0.6 is 0 Å². The minimum atomic E-state index is 0.705. The van der Waals surface area contributed by atoms with E-state index in [9.17, 15) is 0 Å². The maximum atomic E-state index is 4.44. The van der Waals surface area contributed by atoms with Gasteiger partial charge in [-0.2, -0.15) is 0 Å². The van der Waals surface area contributed by atoms with Crippen LogP contribution in [-0.2, 0) is 6.42 Å². The molecule has 0 amide bonds. The van der Waals surface area contributed by atoms with Crippen molar-refractivity contribution < 1.29 is 0 Å². The fraction of sp³-hybridized carbons (Fsp3) is 0.375. The number of aromatic nitrogens is 2. The molecule has 1 atom stereocenters. The standard InChI is InChI=1S/C16H19N3/c1-2-8-18-15(5-1)12-14-4-3-11-19(13-14)16-6-9-17-10-7-16/h1-2,5-10,14H,3-4,11-13H2/t14-/m0/s1. The number of hydrogen-bond donors (Lipinski definition) is 0. The molecule has 3 heterocycles. The molecule has 19 heavy (non-hydrogen) atoms. The van der Waals surface area contributed by atoms with Gasteiger partial charge in [0.15, 0.2) is 0 Å². The van der Waals surface area contributed by atoms with Crippen molar-refractivity contribution in [2.45, 2.75) is 19.3 Å². The van der Waals surface area contributed by atoms with Crippen molar-refractivity contribution in [3.8, 4) is 0 Å². The third-order valence-electron chi connectivity index (χ3n) is 3.77. The van der Waals surface area contributed by atoms with E-state index in [1.807, 2.05) is 24.7 Å². The van der Waals surface area contributed by atoms with Gasteiger partial charge in [0, 0.05) is 43.1 Å². The Morgan fingerprint density at radius 3 is 2.79 bits per heavy atom. The van der Waals surface area contributed by atoms with Crippen LogP contribution in [0.2, 0.25) is 0 Å². The summed E-state index contributed by atoms with van der Waals surface area (Å²) in [6, 6.07) is 10.4. The number of hydrogen-bond acceptors (Lipinski definition) is 3. The van der Waals surface area contributed by atoms with Crippen LogP contribution in [0.5, 0.6) is 0 Å². The maximum Gasteiger partial charge on any atom is 0.0407 e. The first kappa shape index (κ1) is 12.2. The van der Waals surface area contributed by atoms with E-state index in [2.05, 4.69) is 39.1 Å². The lowest BCUT2D eigenvalue weighted by Gasteiger charge is -2.34. The first-order valence-corrected chi connectivity index (χ1v) is 6.97. The van der Waals surface area contributed by atoms with E-state index in [0.717, 1.165) is 19.5 Å². The summed E-state index contributed by atoms with van der Waals surface area (Å²) >= 11 is 0. The summed E-state index contributed by atoms with van der Waals surface area (Å²) in [5, 5.41) is 0. The molecule has 0 bridgehead atoms. The summed E-state index contributed by atoms with van der Waals surface area (Å²) in [5.74, 6) is 0.705. The lowest BCUT2D eigenvalue weighted by molar-refractivity contribution is 0.410. The van der Waals surface area contributed by atoms with Crippen molar-refractivity contribution in [3.63, 3.8) is 0 Å². The van der Waals surface area contributed by atoms with Crippen LogP contribution in [0, 0.1) is 5.92 Å². The van der Waals surface area contributed by atoms with Crippen LogP contribution in [0.15, 0.2) is 48.9 Å². The number of anilines is 1. The minimum absolute atomic E-state index is 0.705. The minimum Gasteiger partial charge on any atom is -0.371 e. The molecule has 1 saturated heterocycles. The second-order valence-corrected chi connectivity index (χ2v) is 5.18. The van der Waals surface area contributed by atoms with Crippen molar-refractivity contribution in [3.05, 3.63) is 54.6 Å². The Morgan fingerprint density at radius 1 is 1.11 bits per heavy atom. The Hall–Kier alpha value is -1.90. The Kier molecular flexibility index (Phi) is 3.73. The first-order valence-electron chi connectivity index (χ1n) is 6.97. The Morgan fingerprint density at radius 2 is 2.00 bits per heavy atom. The zero-order valence-electron chi connectivity index (χ0n) is 11.1. The van der Waals surface area contributed by atoms with Gasteiger partial charge in [-0.3, -0.25) is 9.97 Å². The van der Waals surface area contributed by atoms with Gasteiger partial charge >= 0.3 is 0 Å². The van der Waals surface area contributed by atoms with Gasteiger partial charge < -0.3 is 4.90 Å². The van der Waals surface area contributed by atoms with Crippen molar-refractivity contribution in [2.75, 3.05) is 18.0 Å². The highest BCUT2D eigenvalue weighted by Crippen LogP contribution is 2.24. The second-order valence-electron chi connectivity index (χ2n) is 5.18. The lowest BCUT2D eigenvalue weighted by atomic mass is 9.93. The van der Waals surface area contributed by atoms with Crippen LogP contribution in [0.3, 0.4) is 0 Å². The molecule has 3 heteroatoms. The SMILES string of the molecule is c1ccc(C[C@@H]2CCCN(c3ccncc3)C2)nc1. The quantitative estimate of drug-likeness (QED) is 0.842. The predicted octanol–water partition coefficient (Wildman–Crippen LogP) is 2.94. The van der Waals surface area contributed by atoms with Gasteiger partial charge in [-0.05, 0) is 49.4 Å². The van der Waals surface area contributed by atoms with Gasteiger partial charge in [0.25, 0.3) is 0 Å². The average molecular weight is 253 g/mol. The highest BCUT2D eigenvalue weighted by molar-refractivity contribution is 5.44. The average Bonchev–Trinajstić information content (AvgIpc) is 2.49. The number of rotatable bonds is 3. The summed E-state index contributed by atoms with van der Waals surface area (Å²) < 4.78 is 0. The largest absolute Gasteiger partial charge is 0.371 e. The van der Waals surface area contributed by atoms with Crippen molar-refractivity contribution in [1.29, 1.82) is 0 Å². The van der Waals surface area contributed by atoms with Crippen molar-refractivity contribution in [1.82, 2.24) is 9.97 Å². The van der Waals surface area contributed by atoms with Gasteiger partial charge in [-0.1, -0.05) is 6.07 Å². The number of pyridine rings is 2. The molecule has 0 spiro atoms. The fourth-order valence-corrected chi connectivity index (χ4v) is 2.84. The van der Waals surface area contributed by atoms with Crippen LogP contribution in [0.4, 0.5) is 5.69 Å². The molecule has 3 nitrogen and oxygen atoms in total. The molecule has 0 aromatic carbocycles. The van der Waals surface area contributed by atoms with E-state index in [0.29, 0.717) is 5.92 Å². The molecule has 2 aromatic heterocycles. The zero-order chi connectivity index (χ0) is 12.9. The van der Waals surface area contributed by atoms with E-state index >= 15 is 0 Å². The van der Waals surface area contributed by atoms with Crippen molar-refractivity contribution in [2.24, 2.45) is 5.92 Å². The third kappa shape index (κ3) is 3.11. The topological polar surface area (TPSA) is 29.0 Å². The van der Waals surface area contributed by atoms with Gasteiger partial charge in [-0.25, -0.2) is 0 Å². The molecular weight excluding hydrogens is 234 g/mol. The molecular formula is C16H19N3. The molecule has 3 rings (SSSR count). The highest BCUT2D eigenvalue weighted by Gasteiger charge is 2.20. The predicted molar refractivity (Wildman–Crippen MR) is 77.1 cm³/mol. The molecule has 0 radical (unpaired) electrons. The van der Waals surface area contributed by atoms with Crippen LogP contribution in [0.1, 0.15) is 18.5 Å². The molecule has 0 aliphatic carbocycles. The summed E-state index contributed by atoms with van der Waals surface area (Å²) in [7, 11) is 0. The highest BCUT2D eigenvalue weighted by atomic mass is 15.1. The molecule has 0 unspecified atom stereocenters. The molecule has 1 aliphatic heterocycles. The second kappa shape index (κ2) is 5.83. The molecule has 0 saturated carbocycles. The number of nitrogens with zero attached hydrogens (tertiary/aromatic N) is 3. The summed E-state index contributed by atoms with van der Waals surface area (Å²) in [6.45, 7) is 2.28. The van der Waals surface area contributed by atoms with E-state index in [1.165, 1.54) is 24.2 Å². The Labute approximate surface area is 114 Å². The van der Waals surface area contributed by atoms with Crippen LogP contribution in [-0.4, -0.2) is 23.1 Å². The molecule has 0 N–H and O–H groups in total. The van der Waals surface area contributed by atoms with E-state index in [4.69, 9.17) is 0 Å². The van der Waals surface area contributed by atoms with E-state index in [-0.39, 0.29) is 0 Å². The molecule has 98 valence electrons. The van der Waals surface area contributed by atoms with Gasteiger partial charge in [0.1, 0.15) is 0 Å². The molecule has 2 aromatic rings. The van der Waals surface area contributed by atoms with Crippen LogP contribution < -0.4 is 4.90 Å². The van der Waals surface area contributed by atoms with E-state index in [1.54, 1.807) is 0 Å². The van der Waals surface area contributed by atoms with Crippen LogP contribution in [0.25, 0.3) is 0 Å². The smallest absolute Gasteiger partial charge is 0.0407 e. The van der Waals surface area contributed by atoms with Gasteiger partial charge in [0.2, 0.25) is 0 Å². The Bertz CT molecular complexity index is 498. The van der Waals surface area contributed by atoms with Gasteiger partial charge in [-0.15, -0.1) is 0 Å². The monoisotopic (exact) mass is 253 g/mol. The maximum absolute atomic E-state index is 4.44.